The lowest BCUT2D eigenvalue weighted by Gasteiger charge is -2.12. The van der Waals surface area contributed by atoms with Gasteiger partial charge in [0.05, 0.1) is 21.7 Å². The summed E-state index contributed by atoms with van der Waals surface area (Å²) in [5.41, 5.74) is -0.116. The summed E-state index contributed by atoms with van der Waals surface area (Å²) in [6, 6.07) is 9.13. The summed E-state index contributed by atoms with van der Waals surface area (Å²) in [6.45, 7) is -0.141. The third kappa shape index (κ3) is 4.49. The predicted octanol–water partition coefficient (Wildman–Crippen LogP) is 4.49. The molecule has 1 aromatic carbocycles. The van der Waals surface area contributed by atoms with E-state index in [4.69, 9.17) is 16.0 Å². The zero-order valence-electron chi connectivity index (χ0n) is 13.5. The molecule has 3 rings (SSSR count). The van der Waals surface area contributed by atoms with Crippen molar-refractivity contribution in [3.8, 4) is 11.5 Å². The van der Waals surface area contributed by atoms with Crippen molar-refractivity contribution in [1.29, 1.82) is 0 Å². The standard InChI is InChI=1S/C17H12ClF3N2O3S/c18-14-5-4-12(8-13(14)17(19,20)21)27(24,25)23-10-11-3-6-15(22-9-11)16-2-1-7-26-16/h1-9,23H,10H2. The van der Waals surface area contributed by atoms with Crippen LogP contribution in [0.3, 0.4) is 0 Å². The van der Waals surface area contributed by atoms with Gasteiger partial charge < -0.3 is 4.42 Å². The first-order valence-corrected chi connectivity index (χ1v) is 9.38. The molecule has 1 N–H and O–H groups in total. The molecule has 0 aliphatic carbocycles. The smallest absolute Gasteiger partial charge is 0.417 e. The van der Waals surface area contributed by atoms with E-state index in [0.29, 0.717) is 23.1 Å². The van der Waals surface area contributed by atoms with Gasteiger partial charge >= 0.3 is 6.18 Å². The molecule has 0 radical (unpaired) electrons. The number of sulfonamides is 1. The van der Waals surface area contributed by atoms with Gasteiger partial charge in [-0.05, 0) is 42.0 Å². The Morgan fingerprint density at radius 1 is 1.15 bits per heavy atom. The molecule has 27 heavy (non-hydrogen) atoms. The molecular weight excluding hydrogens is 405 g/mol. The first-order valence-electron chi connectivity index (χ1n) is 7.52. The Balaban J connectivity index is 1.75. The number of aromatic nitrogens is 1. The number of pyridine rings is 1. The van der Waals surface area contributed by atoms with Gasteiger partial charge in [-0.2, -0.15) is 13.2 Å². The van der Waals surface area contributed by atoms with Crippen molar-refractivity contribution in [3.63, 3.8) is 0 Å². The van der Waals surface area contributed by atoms with Crippen molar-refractivity contribution >= 4 is 21.6 Å². The van der Waals surface area contributed by atoms with E-state index in [1.165, 1.54) is 12.5 Å². The summed E-state index contributed by atoms with van der Waals surface area (Å²) < 4.78 is 70.8. The highest BCUT2D eigenvalue weighted by molar-refractivity contribution is 7.89. The monoisotopic (exact) mass is 416 g/mol. The van der Waals surface area contributed by atoms with Gasteiger partial charge in [0.25, 0.3) is 0 Å². The largest absolute Gasteiger partial charge is 0.463 e. The Hall–Kier alpha value is -2.36. The summed E-state index contributed by atoms with van der Waals surface area (Å²) >= 11 is 5.51. The van der Waals surface area contributed by atoms with Crippen LogP contribution in [0.25, 0.3) is 11.5 Å². The van der Waals surface area contributed by atoms with Crippen LogP contribution in [0.2, 0.25) is 5.02 Å². The fourth-order valence-corrected chi connectivity index (χ4v) is 3.52. The molecular formula is C17H12ClF3N2O3S. The predicted molar refractivity (Wildman–Crippen MR) is 92.4 cm³/mol. The summed E-state index contributed by atoms with van der Waals surface area (Å²) in [6.07, 6.45) is -1.81. The number of hydrogen-bond acceptors (Lipinski definition) is 4. The Labute approximate surface area is 157 Å². The molecule has 0 atom stereocenters. The van der Waals surface area contributed by atoms with Crippen LogP contribution in [0, 0.1) is 0 Å². The Bertz CT molecular complexity index is 1030. The molecule has 2 aromatic heterocycles. The molecule has 3 aromatic rings. The van der Waals surface area contributed by atoms with Gasteiger partial charge in [-0.25, -0.2) is 13.1 Å². The van der Waals surface area contributed by atoms with E-state index in [1.807, 2.05) is 0 Å². The van der Waals surface area contributed by atoms with Crippen molar-refractivity contribution in [2.45, 2.75) is 17.6 Å². The number of nitrogens with one attached hydrogen (secondary N) is 1. The lowest BCUT2D eigenvalue weighted by atomic mass is 10.2. The summed E-state index contributed by atoms with van der Waals surface area (Å²) in [5.74, 6) is 0.558. The van der Waals surface area contributed by atoms with Crippen LogP contribution in [0.15, 0.2) is 64.2 Å². The third-order valence-electron chi connectivity index (χ3n) is 3.62. The molecule has 0 spiro atoms. The second-order valence-electron chi connectivity index (χ2n) is 5.49. The third-order valence-corrected chi connectivity index (χ3v) is 5.35. The molecule has 0 unspecified atom stereocenters. The van der Waals surface area contributed by atoms with Crippen LogP contribution in [-0.2, 0) is 22.7 Å². The van der Waals surface area contributed by atoms with Gasteiger partial charge in [-0.15, -0.1) is 0 Å². The molecule has 0 fully saturated rings. The summed E-state index contributed by atoms with van der Waals surface area (Å²) in [5, 5.41) is -0.570. The van der Waals surface area contributed by atoms with Crippen LogP contribution in [0.1, 0.15) is 11.1 Å². The second kappa shape index (κ2) is 7.34. The Kier molecular flexibility index (Phi) is 5.27. The van der Waals surface area contributed by atoms with Crippen molar-refractivity contribution in [2.75, 3.05) is 0 Å². The molecule has 10 heteroatoms. The van der Waals surface area contributed by atoms with E-state index >= 15 is 0 Å². The number of nitrogens with zero attached hydrogens (tertiary/aromatic N) is 1. The van der Waals surface area contributed by atoms with Crippen LogP contribution in [0.5, 0.6) is 0 Å². The number of hydrogen-bond donors (Lipinski definition) is 1. The van der Waals surface area contributed by atoms with Gasteiger partial charge in [-0.1, -0.05) is 17.7 Å². The van der Waals surface area contributed by atoms with E-state index in [1.54, 1.807) is 24.3 Å². The van der Waals surface area contributed by atoms with Gasteiger partial charge in [0.1, 0.15) is 5.69 Å². The highest BCUT2D eigenvalue weighted by atomic mass is 35.5. The quantitative estimate of drug-likeness (QED) is 0.665. The lowest BCUT2D eigenvalue weighted by molar-refractivity contribution is -0.137. The zero-order valence-corrected chi connectivity index (χ0v) is 15.1. The Morgan fingerprint density at radius 2 is 1.93 bits per heavy atom. The minimum absolute atomic E-state index is 0.141. The van der Waals surface area contributed by atoms with E-state index < -0.39 is 31.7 Å². The number of rotatable bonds is 5. The zero-order chi connectivity index (χ0) is 19.7. The van der Waals surface area contributed by atoms with Crippen molar-refractivity contribution in [2.24, 2.45) is 0 Å². The van der Waals surface area contributed by atoms with Crippen LogP contribution in [0.4, 0.5) is 13.2 Å². The van der Waals surface area contributed by atoms with Crippen molar-refractivity contribution < 1.29 is 26.0 Å². The minimum Gasteiger partial charge on any atom is -0.463 e. The second-order valence-corrected chi connectivity index (χ2v) is 7.67. The van der Waals surface area contributed by atoms with Gasteiger partial charge in [0, 0.05) is 12.7 Å². The maximum Gasteiger partial charge on any atom is 0.417 e. The van der Waals surface area contributed by atoms with Crippen molar-refractivity contribution in [3.05, 3.63) is 71.1 Å². The average Bonchev–Trinajstić information content (AvgIpc) is 3.14. The van der Waals surface area contributed by atoms with E-state index in [9.17, 15) is 21.6 Å². The molecule has 0 aliphatic rings. The van der Waals surface area contributed by atoms with Crippen LogP contribution < -0.4 is 4.72 Å². The maximum absolute atomic E-state index is 12.9. The topological polar surface area (TPSA) is 72.2 Å². The first-order chi connectivity index (χ1) is 12.7. The molecule has 0 saturated carbocycles. The van der Waals surface area contributed by atoms with Gasteiger partial charge in [-0.3, -0.25) is 4.98 Å². The highest BCUT2D eigenvalue weighted by Crippen LogP contribution is 2.35. The Morgan fingerprint density at radius 3 is 2.52 bits per heavy atom. The van der Waals surface area contributed by atoms with Gasteiger partial charge in [0.15, 0.2) is 5.76 Å². The molecule has 5 nitrogen and oxygen atoms in total. The average molecular weight is 417 g/mol. The van der Waals surface area contributed by atoms with E-state index in [0.717, 1.165) is 12.1 Å². The summed E-state index contributed by atoms with van der Waals surface area (Å²) in [7, 11) is -4.17. The van der Waals surface area contributed by atoms with Gasteiger partial charge in [0.2, 0.25) is 10.0 Å². The van der Waals surface area contributed by atoms with E-state index in [2.05, 4.69) is 9.71 Å². The molecule has 142 valence electrons. The molecule has 2 heterocycles. The SMILES string of the molecule is O=S(=O)(NCc1ccc(-c2ccco2)nc1)c1ccc(Cl)c(C(F)(F)F)c1. The number of furan rings is 1. The summed E-state index contributed by atoms with van der Waals surface area (Å²) in [4.78, 5) is 3.63. The van der Waals surface area contributed by atoms with Crippen LogP contribution >= 0.6 is 11.6 Å². The molecule has 0 bridgehead atoms. The lowest BCUT2D eigenvalue weighted by Crippen LogP contribution is -2.23. The number of halogens is 4. The van der Waals surface area contributed by atoms with E-state index in [-0.39, 0.29) is 6.54 Å². The number of benzene rings is 1. The fourth-order valence-electron chi connectivity index (χ4n) is 2.25. The minimum atomic E-state index is -4.76. The highest BCUT2D eigenvalue weighted by Gasteiger charge is 2.34. The molecule has 0 saturated heterocycles. The first kappa shape index (κ1) is 19.4. The van der Waals surface area contributed by atoms with Crippen LogP contribution in [-0.4, -0.2) is 13.4 Å². The van der Waals surface area contributed by atoms with Crippen molar-refractivity contribution in [1.82, 2.24) is 9.71 Å². The number of alkyl halides is 3. The normalized spacial score (nSPS) is 12.3. The fraction of sp³-hybridized carbons (Fsp3) is 0.118. The maximum atomic E-state index is 12.9. The molecule has 0 amide bonds. The molecule has 0 aliphatic heterocycles.